The van der Waals surface area contributed by atoms with E-state index in [1.807, 2.05) is 36.4 Å². The summed E-state index contributed by atoms with van der Waals surface area (Å²) in [6.07, 6.45) is 0.887. The van der Waals surface area contributed by atoms with Gasteiger partial charge in [0.15, 0.2) is 0 Å². The number of rotatable bonds is 6. The van der Waals surface area contributed by atoms with Gasteiger partial charge in [0, 0.05) is 12.8 Å². The maximum Gasteiger partial charge on any atom is 0.303 e. The van der Waals surface area contributed by atoms with E-state index < -0.39 is 11.9 Å². The van der Waals surface area contributed by atoms with Crippen molar-refractivity contribution in [1.82, 2.24) is 0 Å². The molecule has 0 fully saturated rings. The SMILES string of the molecule is O=C(O)CCc1ccc2cc3ccccc3cc2c1CCC(=O)O. The van der Waals surface area contributed by atoms with E-state index >= 15 is 0 Å². The third kappa shape index (κ3) is 3.38. The normalized spacial score (nSPS) is 11.0. The van der Waals surface area contributed by atoms with E-state index in [9.17, 15) is 9.59 Å². The van der Waals surface area contributed by atoms with Crippen molar-refractivity contribution in [3.8, 4) is 0 Å². The Hall–Kier alpha value is -2.88. The number of carbonyl (C=O) groups is 2. The molecule has 0 saturated carbocycles. The van der Waals surface area contributed by atoms with Crippen LogP contribution in [0.1, 0.15) is 24.0 Å². The van der Waals surface area contributed by atoms with E-state index in [4.69, 9.17) is 10.2 Å². The second-order valence-corrected chi connectivity index (χ2v) is 5.91. The van der Waals surface area contributed by atoms with Gasteiger partial charge in [-0.15, -0.1) is 0 Å². The van der Waals surface area contributed by atoms with E-state index in [0.29, 0.717) is 12.8 Å². The highest BCUT2D eigenvalue weighted by Crippen LogP contribution is 2.29. The second kappa shape index (κ2) is 6.71. The van der Waals surface area contributed by atoms with Crippen LogP contribution in [0.2, 0.25) is 0 Å². The minimum absolute atomic E-state index is 0.0337. The van der Waals surface area contributed by atoms with Crippen LogP contribution in [0.4, 0.5) is 0 Å². The summed E-state index contributed by atoms with van der Waals surface area (Å²) in [6.45, 7) is 0. The van der Waals surface area contributed by atoms with Gasteiger partial charge < -0.3 is 10.2 Å². The van der Waals surface area contributed by atoms with Crippen molar-refractivity contribution in [2.24, 2.45) is 0 Å². The molecule has 0 aliphatic rings. The van der Waals surface area contributed by atoms with Gasteiger partial charge in [-0.2, -0.15) is 0 Å². The quantitative estimate of drug-likeness (QED) is 0.672. The van der Waals surface area contributed by atoms with Crippen molar-refractivity contribution < 1.29 is 19.8 Å². The fourth-order valence-corrected chi connectivity index (χ4v) is 3.12. The zero-order chi connectivity index (χ0) is 17.1. The lowest BCUT2D eigenvalue weighted by Gasteiger charge is -2.13. The maximum atomic E-state index is 11.0. The molecule has 0 radical (unpaired) electrons. The average molecular weight is 322 g/mol. The number of hydrogen-bond donors (Lipinski definition) is 2. The molecular formula is C20H18O4. The number of benzene rings is 3. The van der Waals surface area contributed by atoms with E-state index in [1.165, 1.54) is 0 Å². The lowest BCUT2D eigenvalue weighted by Crippen LogP contribution is -2.04. The fourth-order valence-electron chi connectivity index (χ4n) is 3.12. The van der Waals surface area contributed by atoms with Crippen LogP contribution in [-0.4, -0.2) is 22.2 Å². The largest absolute Gasteiger partial charge is 0.481 e. The van der Waals surface area contributed by atoms with Gasteiger partial charge in [-0.05, 0) is 57.6 Å². The Kier molecular flexibility index (Phi) is 4.47. The Labute approximate surface area is 139 Å². The van der Waals surface area contributed by atoms with Crippen LogP contribution in [0.5, 0.6) is 0 Å². The molecule has 122 valence electrons. The first kappa shape index (κ1) is 16.0. The third-order valence-corrected chi connectivity index (χ3v) is 4.29. The molecule has 3 aromatic rings. The molecule has 0 aliphatic heterocycles. The number of aryl methyl sites for hydroxylation is 2. The molecule has 0 heterocycles. The average Bonchev–Trinajstić information content (AvgIpc) is 2.56. The minimum atomic E-state index is -0.850. The first-order chi connectivity index (χ1) is 11.5. The summed E-state index contributed by atoms with van der Waals surface area (Å²) in [4.78, 5) is 21.9. The molecular weight excluding hydrogens is 304 g/mol. The fraction of sp³-hybridized carbons (Fsp3) is 0.200. The summed E-state index contributed by atoms with van der Waals surface area (Å²) >= 11 is 0. The Bertz CT molecular complexity index is 927. The van der Waals surface area contributed by atoms with Gasteiger partial charge in [0.1, 0.15) is 0 Å². The van der Waals surface area contributed by atoms with E-state index in [1.54, 1.807) is 0 Å². The van der Waals surface area contributed by atoms with Gasteiger partial charge >= 0.3 is 11.9 Å². The minimum Gasteiger partial charge on any atom is -0.481 e. The monoisotopic (exact) mass is 322 g/mol. The molecule has 0 bridgehead atoms. The molecule has 4 heteroatoms. The van der Waals surface area contributed by atoms with Gasteiger partial charge in [0.2, 0.25) is 0 Å². The van der Waals surface area contributed by atoms with Gasteiger partial charge in [-0.25, -0.2) is 0 Å². The summed E-state index contributed by atoms with van der Waals surface area (Å²) in [5.41, 5.74) is 1.86. The lowest BCUT2D eigenvalue weighted by molar-refractivity contribution is -0.138. The van der Waals surface area contributed by atoms with Crippen LogP contribution in [0, 0.1) is 0 Å². The van der Waals surface area contributed by atoms with Crippen LogP contribution in [0.25, 0.3) is 21.5 Å². The molecule has 4 nitrogen and oxygen atoms in total. The van der Waals surface area contributed by atoms with Crippen LogP contribution in [-0.2, 0) is 22.4 Å². The van der Waals surface area contributed by atoms with Crippen molar-refractivity contribution in [2.75, 3.05) is 0 Å². The van der Waals surface area contributed by atoms with Gasteiger partial charge in [0.05, 0.1) is 0 Å². The Morgan fingerprint density at radius 2 is 1.38 bits per heavy atom. The number of hydrogen-bond acceptors (Lipinski definition) is 2. The molecule has 0 aliphatic carbocycles. The molecule has 0 amide bonds. The van der Waals surface area contributed by atoms with Gasteiger partial charge in [-0.3, -0.25) is 9.59 Å². The Balaban J connectivity index is 2.15. The van der Waals surface area contributed by atoms with Crippen molar-refractivity contribution in [1.29, 1.82) is 0 Å². The van der Waals surface area contributed by atoms with E-state index in [2.05, 4.69) is 12.1 Å². The van der Waals surface area contributed by atoms with Gasteiger partial charge in [0.25, 0.3) is 0 Å². The first-order valence-corrected chi connectivity index (χ1v) is 7.91. The molecule has 2 N–H and O–H groups in total. The highest BCUT2D eigenvalue weighted by atomic mass is 16.4. The third-order valence-electron chi connectivity index (χ3n) is 4.29. The zero-order valence-electron chi connectivity index (χ0n) is 13.2. The van der Waals surface area contributed by atoms with Crippen molar-refractivity contribution in [2.45, 2.75) is 25.7 Å². The van der Waals surface area contributed by atoms with Gasteiger partial charge in [-0.1, -0.05) is 36.4 Å². The highest BCUT2D eigenvalue weighted by Gasteiger charge is 2.12. The summed E-state index contributed by atoms with van der Waals surface area (Å²) in [7, 11) is 0. The van der Waals surface area contributed by atoms with Crippen molar-refractivity contribution in [3.63, 3.8) is 0 Å². The smallest absolute Gasteiger partial charge is 0.303 e. The number of carboxylic acid groups (broad SMARTS) is 2. The highest BCUT2D eigenvalue weighted by molar-refractivity contribution is 6.00. The van der Waals surface area contributed by atoms with Crippen LogP contribution in [0.15, 0.2) is 48.5 Å². The maximum absolute atomic E-state index is 11.0. The van der Waals surface area contributed by atoms with E-state index in [-0.39, 0.29) is 12.8 Å². The molecule has 0 spiro atoms. The first-order valence-electron chi connectivity index (χ1n) is 7.91. The van der Waals surface area contributed by atoms with E-state index in [0.717, 1.165) is 32.7 Å². The Morgan fingerprint density at radius 1 is 0.750 bits per heavy atom. The predicted octanol–water partition coefficient (Wildman–Crippen LogP) is 4.03. The molecule has 24 heavy (non-hydrogen) atoms. The second-order valence-electron chi connectivity index (χ2n) is 5.91. The Morgan fingerprint density at radius 3 is 2.04 bits per heavy atom. The van der Waals surface area contributed by atoms with Crippen molar-refractivity contribution >= 4 is 33.5 Å². The standard InChI is InChI=1S/C20H18O4/c21-19(22)9-7-13-5-6-16-11-14-3-1-2-4-15(14)12-18(16)17(13)8-10-20(23)24/h1-6,11-12H,7-10H2,(H,21,22)(H,23,24). The molecule has 3 aromatic carbocycles. The molecule has 0 unspecified atom stereocenters. The number of carboxylic acids is 2. The predicted molar refractivity (Wildman–Crippen MR) is 93.4 cm³/mol. The summed E-state index contributed by atoms with van der Waals surface area (Å²) in [5, 5.41) is 22.3. The molecule has 0 saturated heterocycles. The topological polar surface area (TPSA) is 74.6 Å². The number of aliphatic carboxylic acids is 2. The molecule has 3 rings (SSSR count). The van der Waals surface area contributed by atoms with Crippen LogP contribution >= 0.6 is 0 Å². The summed E-state index contributed by atoms with van der Waals surface area (Å²) in [5.74, 6) is -1.70. The van der Waals surface area contributed by atoms with Crippen molar-refractivity contribution in [3.05, 3.63) is 59.7 Å². The zero-order valence-corrected chi connectivity index (χ0v) is 13.2. The van der Waals surface area contributed by atoms with Crippen LogP contribution < -0.4 is 0 Å². The van der Waals surface area contributed by atoms with Crippen LogP contribution in [0.3, 0.4) is 0 Å². The molecule has 0 aromatic heterocycles. The summed E-state index contributed by atoms with van der Waals surface area (Å²) in [6, 6.07) is 16.1. The summed E-state index contributed by atoms with van der Waals surface area (Å²) < 4.78 is 0. The molecule has 0 atom stereocenters. The number of fused-ring (bicyclic) bond motifs is 2. The lowest BCUT2D eigenvalue weighted by atomic mass is 9.91.